The quantitative estimate of drug-likeness (QED) is 0.737. The van der Waals surface area contributed by atoms with Crippen LogP contribution in [0.15, 0.2) is 24.5 Å². The van der Waals surface area contributed by atoms with Gasteiger partial charge in [-0.2, -0.15) is 13.2 Å². The third-order valence-corrected chi connectivity index (χ3v) is 5.85. The largest absolute Gasteiger partial charge is 0.490 e. The lowest BCUT2D eigenvalue weighted by atomic mass is 9.97. The number of aliphatic carboxylic acids is 1. The number of halogens is 3. The SMILES string of the molecule is O=C(C1CCOCC1)N1CC[C@]2(C[C@@H](OCc3ccncc3)CO2)C1.O=C(O)C(F)(F)F. The van der Waals surface area contributed by atoms with E-state index < -0.39 is 12.1 Å². The summed E-state index contributed by atoms with van der Waals surface area (Å²) in [4.78, 5) is 27.6. The van der Waals surface area contributed by atoms with Crippen LogP contribution < -0.4 is 0 Å². The maximum absolute atomic E-state index is 12.7. The molecular formula is C21H27F3N2O6. The maximum atomic E-state index is 12.7. The van der Waals surface area contributed by atoms with Gasteiger partial charge < -0.3 is 24.2 Å². The van der Waals surface area contributed by atoms with E-state index in [1.807, 2.05) is 17.0 Å². The molecule has 3 saturated heterocycles. The number of carbonyl (C=O) groups excluding carboxylic acids is 1. The molecule has 0 bridgehead atoms. The zero-order chi connectivity index (χ0) is 23.2. The van der Waals surface area contributed by atoms with Gasteiger partial charge in [0, 0.05) is 51.0 Å². The minimum absolute atomic E-state index is 0.103. The van der Waals surface area contributed by atoms with Crippen LogP contribution >= 0.6 is 0 Å². The van der Waals surface area contributed by atoms with Crippen LogP contribution in [-0.4, -0.2) is 77.7 Å². The summed E-state index contributed by atoms with van der Waals surface area (Å²) in [6.45, 7) is 4.11. The Hall–Kier alpha value is -2.24. The third-order valence-electron chi connectivity index (χ3n) is 5.85. The van der Waals surface area contributed by atoms with Crippen LogP contribution in [0.25, 0.3) is 0 Å². The number of ether oxygens (including phenoxy) is 3. The lowest BCUT2D eigenvalue weighted by molar-refractivity contribution is -0.192. The summed E-state index contributed by atoms with van der Waals surface area (Å²) in [5.74, 6) is -2.35. The molecule has 1 spiro atoms. The van der Waals surface area contributed by atoms with E-state index in [2.05, 4.69) is 4.98 Å². The van der Waals surface area contributed by atoms with Crippen molar-refractivity contribution in [3.8, 4) is 0 Å². The van der Waals surface area contributed by atoms with Crippen molar-refractivity contribution < 1.29 is 42.1 Å². The molecule has 0 radical (unpaired) electrons. The Kier molecular flexibility index (Phi) is 8.07. The highest BCUT2D eigenvalue weighted by atomic mass is 19.4. The molecular weight excluding hydrogens is 433 g/mol. The van der Waals surface area contributed by atoms with Crippen molar-refractivity contribution in [1.29, 1.82) is 0 Å². The number of likely N-dealkylation sites (tertiary alicyclic amines) is 1. The summed E-state index contributed by atoms with van der Waals surface area (Å²) < 4.78 is 49.2. The van der Waals surface area contributed by atoms with E-state index in [1.54, 1.807) is 12.4 Å². The molecule has 1 amide bonds. The molecule has 2 atom stereocenters. The van der Waals surface area contributed by atoms with Gasteiger partial charge in [0.15, 0.2) is 0 Å². The molecule has 11 heteroatoms. The second-order valence-electron chi connectivity index (χ2n) is 8.19. The van der Waals surface area contributed by atoms with Crippen LogP contribution in [0.1, 0.15) is 31.2 Å². The fraction of sp³-hybridized carbons (Fsp3) is 0.667. The molecule has 178 valence electrons. The molecule has 1 aromatic heterocycles. The number of hydrogen-bond acceptors (Lipinski definition) is 6. The van der Waals surface area contributed by atoms with E-state index in [0.717, 1.165) is 37.8 Å². The van der Waals surface area contributed by atoms with Crippen LogP contribution in [-0.2, 0) is 30.4 Å². The number of amides is 1. The zero-order valence-corrected chi connectivity index (χ0v) is 17.6. The van der Waals surface area contributed by atoms with E-state index in [-0.39, 0.29) is 23.5 Å². The number of carboxylic acid groups (broad SMARTS) is 1. The number of carboxylic acids is 1. The smallest absolute Gasteiger partial charge is 0.475 e. The number of rotatable bonds is 4. The topological polar surface area (TPSA) is 98.2 Å². The molecule has 1 N–H and O–H groups in total. The van der Waals surface area contributed by atoms with Crippen LogP contribution in [0.5, 0.6) is 0 Å². The molecule has 0 aliphatic carbocycles. The normalized spacial score (nSPS) is 26.1. The van der Waals surface area contributed by atoms with Crippen molar-refractivity contribution in [2.45, 2.75) is 50.2 Å². The van der Waals surface area contributed by atoms with Gasteiger partial charge in [-0.1, -0.05) is 0 Å². The summed E-state index contributed by atoms with van der Waals surface area (Å²) in [6.07, 6.45) is 2.06. The molecule has 0 aromatic carbocycles. The van der Waals surface area contributed by atoms with Crippen molar-refractivity contribution in [3.63, 3.8) is 0 Å². The second-order valence-corrected chi connectivity index (χ2v) is 8.19. The molecule has 3 aliphatic heterocycles. The minimum atomic E-state index is -5.08. The van der Waals surface area contributed by atoms with E-state index >= 15 is 0 Å². The number of carbonyl (C=O) groups is 2. The summed E-state index contributed by atoms with van der Waals surface area (Å²) in [7, 11) is 0. The minimum Gasteiger partial charge on any atom is -0.475 e. The number of aromatic nitrogens is 1. The lowest BCUT2D eigenvalue weighted by Crippen LogP contribution is -2.40. The van der Waals surface area contributed by atoms with E-state index in [0.29, 0.717) is 33.0 Å². The number of hydrogen-bond donors (Lipinski definition) is 1. The standard InChI is InChI=1S/C19H26N2O4.C2HF3O2/c22-18(16-3-9-23-10-4-16)21-8-5-19(14-21)11-17(13-25-19)24-12-15-1-6-20-7-2-15;3-2(4,5)1(6)7/h1-2,6-7,16-17H,3-5,8-14H2;(H,6,7)/t17-,19+;/m1./s1. The first-order valence-electron chi connectivity index (χ1n) is 10.5. The van der Waals surface area contributed by atoms with Crippen LogP contribution in [0, 0.1) is 5.92 Å². The highest BCUT2D eigenvalue weighted by Crippen LogP contribution is 2.37. The highest BCUT2D eigenvalue weighted by Gasteiger charge is 2.47. The average Bonchev–Trinajstić information content (AvgIpc) is 3.39. The van der Waals surface area contributed by atoms with Crippen molar-refractivity contribution >= 4 is 11.9 Å². The predicted octanol–water partition coefficient (Wildman–Crippen LogP) is 2.42. The van der Waals surface area contributed by atoms with E-state index in [1.165, 1.54) is 0 Å². The second kappa shape index (κ2) is 10.6. The van der Waals surface area contributed by atoms with Gasteiger partial charge in [-0.05, 0) is 37.0 Å². The van der Waals surface area contributed by atoms with Gasteiger partial charge in [0.1, 0.15) is 0 Å². The van der Waals surface area contributed by atoms with Gasteiger partial charge in [-0.3, -0.25) is 9.78 Å². The van der Waals surface area contributed by atoms with Gasteiger partial charge in [0.2, 0.25) is 5.91 Å². The summed E-state index contributed by atoms with van der Waals surface area (Å²) >= 11 is 0. The molecule has 32 heavy (non-hydrogen) atoms. The molecule has 8 nitrogen and oxygen atoms in total. The first-order valence-corrected chi connectivity index (χ1v) is 10.5. The Morgan fingerprint density at radius 1 is 1.25 bits per heavy atom. The Morgan fingerprint density at radius 2 is 1.91 bits per heavy atom. The number of alkyl halides is 3. The fourth-order valence-corrected chi connectivity index (χ4v) is 4.12. The molecule has 4 heterocycles. The highest BCUT2D eigenvalue weighted by molar-refractivity contribution is 5.79. The monoisotopic (exact) mass is 460 g/mol. The van der Waals surface area contributed by atoms with E-state index in [4.69, 9.17) is 24.1 Å². The molecule has 0 unspecified atom stereocenters. The summed E-state index contributed by atoms with van der Waals surface area (Å²) in [6, 6.07) is 3.94. The molecule has 3 aliphatic rings. The first-order chi connectivity index (χ1) is 15.2. The Bertz CT molecular complexity index is 773. The van der Waals surface area contributed by atoms with Gasteiger partial charge in [-0.25, -0.2) is 4.79 Å². The Balaban J connectivity index is 0.000000360. The van der Waals surface area contributed by atoms with Crippen LogP contribution in [0.4, 0.5) is 13.2 Å². The Morgan fingerprint density at radius 3 is 2.53 bits per heavy atom. The lowest BCUT2D eigenvalue weighted by Gasteiger charge is -2.28. The fourth-order valence-electron chi connectivity index (χ4n) is 4.12. The van der Waals surface area contributed by atoms with Crippen molar-refractivity contribution in [2.24, 2.45) is 5.92 Å². The number of nitrogens with zero attached hydrogens (tertiary/aromatic N) is 2. The van der Waals surface area contributed by atoms with Crippen molar-refractivity contribution in [1.82, 2.24) is 9.88 Å². The third kappa shape index (κ3) is 6.63. The molecule has 3 fully saturated rings. The van der Waals surface area contributed by atoms with Gasteiger partial charge in [-0.15, -0.1) is 0 Å². The van der Waals surface area contributed by atoms with Gasteiger partial charge in [0.05, 0.1) is 24.9 Å². The van der Waals surface area contributed by atoms with Crippen molar-refractivity contribution in [2.75, 3.05) is 32.9 Å². The summed E-state index contributed by atoms with van der Waals surface area (Å²) in [5, 5.41) is 7.12. The first kappa shape index (κ1) is 24.4. The van der Waals surface area contributed by atoms with Crippen LogP contribution in [0.3, 0.4) is 0 Å². The predicted molar refractivity (Wildman–Crippen MR) is 105 cm³/mol. The maximum Gasteiger partial charge on any atom is 0.490 e. The van der Waals surface area contributed by atoms with E-state index in [9.17, 15) is 18.0 Å². The summed E-state index contributed by atoms with van der Waals surface area (Å²) in [5.41, 5.74) is 0.919. The molecule has 1 aromatic rings. The zero-order valence-electron chi connectivity index (χ0n) is 17.6. The van der Waals surface area contributed by atoms with Crippen LogP contribution in [0.2, 0.25) is 0 Å². The molecule has 0 saturated carbocycles. The number of pyridine rings is 1. The van der Waals surface area contributed by atoms with Crippen molar-refractivity contribution in [3.05, 3.63) is 30.1 Å². The van der Waals surface area contributed by atoms with Gasteiger partial charge >= 0.3 is 12.1 Å². The van der Waals surface area contributed by atoms with Gasteiger partial charge in [0.25, 0.3) is 0 Å². The average molecular weight is 460 g/mol. The molecule has 4 rings (SSSR count). The Labute approximate surface area is 183 Å².